The highest BCUT2D eigenvalue weighted by Gasteiger charge is 2.48. The summed E-state index contributed by atoms with van der Waals surface area (Å²) in [6.07, 6.45) is 0.748. The molecule has 1 heterocycles. The van der Waals surface area contributed by atoms with Gasteiger partial charge in [0.05, 0.1) is 11.2 Å². The van der Waals surface area contributed by atoms with Crippen LogP contribution in [0.25, 0.3) is 0 Å². The molecule has 1 aromatic carbocycles. The summed E-state index contributed by atoms with van der Waals surface area (Å²) in [4.78, 5) is 0. The first kappa shape index (κ1) is 14.4. The standard InChI is InChI=1S/C15H21F2NO/c1-14(2)8-11(15(3,4)19-14)13(18)10-6-5-9(16)7-12(10)17/h5-7,11,13H,8,18H2,1-4H3. The molecule has 2 unspecified atom stereocenters. The zero-order valence-electron chi connectivity index (χ0n) is 11.8. The Morgan fingerprint density at radius 2 is 1.89 bits per heavy atom. The number of hydrogen-bond acceptors (Lipinski definition) is 2. The Morgan fingerprint density at radius 3 is 2.37 bits per heavy atom. The van der Waals surface area contributed by atoms with Crippen LogP contribution in [0.1, 0.15) is 45.7 Å². The number of hydrogen-bond donors (Lipinski definition) is 1. The number of nitrogens with two attached hydrogens (primary N) is 1. The van der Waals surface area contributed by atoms with E-state index in [9.17, 15) is 8.78 Å². The Kier molecular flexibility index (Phi) is 3.43. The Balaban J connectivity index is 2.31. The minimum Gasteiger partial charge on any atom is -0.369 e. The summed E-state index contributed by atoms with van der Waals surface area (Å²) in [6, 6.07) is 3.05. The summed E-state index contributed by atoms with van der Waals surface area (Å²) < 4.78 is 32.8. The molecule has 19 heavy (non-hydrogen) atoms. The van der Waals surface area contributed by atoms with Crippen molar-refractivity contribution in [2.75, 3.05) is 0 Å². The molecule has 1 fully saturated rings. The fraction of sp³-hybridized carbons (Fsp3) is 0.600. The second-order valence-electron chi connectivity index (χ2n) is 6.47. The van der Waals surface area contributed by atoms with Gasteiger partial charge in [-0.25, -0.2) is 8.78 Å². The van der Waals surface area contributed by atoms with Crippen LogP contribution in [0.5, 0.6) is 0 Å². The van der Waals surface area contributed by atoms with E-state index in [4.69, 9.17) is 10.5 Å². The fourth-order valence-corrected chi connectivity index (χ4v) is 3.15. The zero-order chi connectivity index (χ0) is 14.4. The van der Waals surface area contributed by atoms with Crippen molar-refractivity contribution in [2.24, 2.45) is 11.7 Å². The Hall–Kier alpha value is -1.00. The zero-order valence-corrected chi connectivity index (χ0v) is 11.8. The minimum absolute atomic E-state index is 0.0116. The molecule has 106 valence electrons. The monoisotopic (exact) mass is 269 g/mol. The summed E-state index contributed by atoms with van der Waals surface area (Å²) >= 11 is 0. The molecule has 2 atom stereocenters. The summed E-state index contributed by atoms with van der Waals surface area (Å²) in [5.74, 6) is -1.19. The molecule has 0 saturated carbocycles. The van der Waals surface area contributed by atoms with Gasteiger partial charge >= 0.3 is 0 Å². The number of ether oxygens (including phenoxy) is 1. The predicted octanol–water partition coefficient (Wildman–Crippen LogP) is 3.56. The van der Waals surface area contributed by atoms with Gasteiger partial charge < -0.3 is 10.5 Å². The van der Waals surface area contributed by atoms with Crippen LogP contribution in [-0.4, -0.2) is 11.2 Å². The van der Waals surface area contributed by atoms with Crippen molar-refractivity contribution < 1.29 is 13.5 Å². The van der Waals surface area contributed by atoms with Gasteiger partial charge in [0, 0.05) is 23.6 Å². The smallest absolute Gasteiger partial charge is 0.130 e. The van der Waals surface area contributed by atoms with Crippen LogP contribution in [0.4, 0.5) is 8.78 Å². The van der Waals surface area contributed by atoms with E-state index in [-0.39, 0.29) is 11.5 Å². The van der Waals surface area contributed by atoms with E-state index in [0.717, 1.165) is 12.5 Å². The van der Waals surface area contributed by atoms with Gasteiger partial charge in [-0.05, 0) is 40.2 Å². The van der Waals surface area contributed by atoms with E-state index in [1.54, 1.807) is 0 Å². The number of benzene rings is 1. The van der Waals surface area contributed by atoms with Gasteiger partial charge in [-0.1, -0.05) is 6.07 Å². The van der Waals surface area contributed by atoms with Gasteiger partial charge in [-0.2, -0.15) is 0 Å². The van der Waals surface area contributed by atoms with E-state index < -0.39 is 23.3 Å². The third-order valence-electron chi connectivity index (χ3n) is 3.90. The second-order valence-corrected chi connectivity index (χ2v) is 6.47. The Morgan fingerprint density at radius 1 is 1.26 bits per heavy atom. The molecule has 2 nitrogen and oxygen atoms in total. The molecule has 2 N–H and O–H groups in total. The maximum atomic E-state index is 13.8. The van der Waals surface area contributed by atoms with Gasteiger partial charge in [0.2, 0.25) is 0 Å². The minimum atomic E-state index is -0.590. The maximum Gasteiger partial charge on any atom is 0.130 e. The molecule has 0 aliphatic carbocycles. The molecule has 1 aliphatic heterocycles. The lowest BCUT2D eigenvalue weighted by molar-refractivity contribution is -0.0768. The highest BCUT2D eigenvalue weighted by atomic mass is 19.1. The van der Waals surface area contributed by atoms with E-state index >= 15 is 0 Å². The third kappa shape index (κ3) is 2.79. The topological polar surface area (TPSA) is 35.2 Å². The predicted molar refractivity (Wildman–Crippen MR) is 70.6 cm³/mol. The Bertz CT molecular complexity index is 485. The molecular formula is C15H21F2NO. The SMILES string of the molecule is CC1(C)CC(C(N)c2ccc(F)cc2F)C(C)(C)O1. The molecule has 1 aromatic rings. The molecule has 1 aliphatic rings. The molecule has 0 radical (unpaired) electrons. The van der Waals surface area contributed by atoms with Crippen molar-refractivity contribution in [1.29, 1.82) is 0 Å². The van der Waals surface area contributed by atoms with Crippen molar-refractivity contribution in [3.05, 3.63) is 35.4 Å². The summed E-state index contributed by atoms with van der Waals surface area (Å²) in [7, 11) is 0. The Labute approximate surface area is 112 Å². The third-order valence-corrected chi connectivity index (χ3v) is 3.90. The van der Waals surface area contributed by atoms with E-state index in [1.165, 1.54) is 12.1 Å². The molecule has 0 aromatic heterocycles. The fourth-order valence-electron chi connectivity index (χ4n) is 3.15. The largest absolute Gasteiger partial charge is 0.369 e. The van der Waals surface area contributed by atoms with Crippen molar-refractivity contribution in [3.8, 4) is 0 Å². The molecule has 1 saturated heterocycles. The van der Waals surface area contributed by atoms with E-state index in [1.807, 2.05) is 27.7 Å². The number of halogens is 2. The van der Waals surface area contributed by atoms with Crippen LogP contribution in [0, 0.1) is 17.6 Å². The first-order chi connectivity index (χ1) is 8.62. The molecular weight excluding hydrogens is 248 g/mol. The average Bonchev–Trinajstić information content (AvgIpc) is 2.45. The highest BCUT2D eigenvalue weighted by Crippen LogP contribution is 2.47. The van der Waals surface area contributed by atoms with Crippen molar-refractivity contribution in [2.45, 2.75) is 51.4 Å². The lowest BCUT2D eigenvalue weighted by Crippen LogP contribution is -2.36. The second kappa shape index (κ2) is 4.53. The molecule has 0 bridgehead atoms. The summed E-state index contributed by atoms with van der Waals surface area (Å²) in [5, 5.41) is 0. The van der Waals surface area contributed by atoms with Gasteiger partial charge in [0.15, 0.2) is 0 Å². The van der Waals surface area contributed by atoms with Crippen LogP contribution >= 0.6 is 0 Å². The van der Waals surface area contributed by atoms with Gasteiger partial charge in [-0.3, -0.25) is 0 Å². The van der Waals surface area contributed by atoms with Crippen LogP contribution in [0.15, 0.2) is 18.2 Å². The highest BCUT2D eigenvalue weighted by molar-refractivity contribution is 5.24. The van der Waals surface area contributed by atoms with E-state index in [2.05, 4.69) is 0 Å². The van der Waals surface area contributed by atoms with Gasteiger partial charge in [-0.15, -0.1) is 0 Å². The van der Waals surface area contributed by atoms with Crippen LogP contribution in [-0.2, 0) is 4.74 Å². The quantitative estimate of drug-likeness (QED) is 0.891. The number of rotatable bonds is 2. The summed E-state index contributed by atoms with van der Waals surface area (Å²) in [5.41, 5.74) is 5.85. The molecule has 4 heteroatoms. The first-order valence-electron chi connectivity index (χ1n) is 6.53. The molecule has 0 amide bonds. The van der Waals surface area contributed by atoms with E-state index in [0.29, 0.717) is 5.56 Å². The average molecular weight is 269 g/mol. The van der Waals surface area contributed by atoms with Crippen molar-refractivity contribution in [1.82, 2.24) is 0 Å². The van der Waals surface area contributed by atoms with Crippen LogP contribution in [0.2, 0.25) is 0 Å². The van der Waals surface area contributed by atoms with Crippen LogP contribution in [0.3, 0.4) is 0 Å². The normalized spacial score (nSPS) is 26.4. The van der Waals surface area contributed by atoms with Crippen molar-refractivity contribution >= 4 is 0 Å². The lowest BCUT2D eigenvalue weighted by Gasteiger charge is -2.31. The first-order valence-corrected chi connectivity index (χ1v) is 6.53. The van der Waals surface area contributed by atoms with Crippen molar-refractivity contribution in [3.63, 3.8) is 0 Å². The van der Waals surface area contributed by atoms with Gasteiger partial charge in [0.1, 0.15) is 11.6 Å². The summed E-state index contributed by atoms with van der Waals surface area (Å²) in [6.45, 7) is 7.94. The molecule has 0 spiro atoms. The van der Waals surface area contributed by atoms with Gasteiger partial charge in [0.25, 0.3) is 0 Å². The maximum absolute atomic E-state index is 13.8. The molecule has 2 rings (SSSR count). The van der Waals surface area contributed by atoms with Crippen LogP contribution < -0.4 is 5.73 Å². The lowest BCUT2D eigenvalue weighted by atomic mass is 9.79.